The number of aldehydes is 1. The van der Waals surface area contributed by atoms with Crippen LogP contribution in [0, 0.1) is 11.8 Å². The van der Waals surface area contributed by atoms with Gasteiger partial charge in [-0.2, -0.15) is 25.3 Å². The van der Waals surface area contributed by atoms with Crippen LogP contribution < -0.4 is 93.3 Å². The van der Waals surface area contributed by atoms with Crippen molar-refractivity contribution in [1.82, 2.24) is 58.1 Å². The number of carbonyl (C=O) groups excluding carboxylic acids is 12. The predicted octanol–water partition coefficient (Wildman–Crippen LogP) is -5.00. The van der Waals surface area contributed by atoms with Gasteiger partial charge in [-0.3, -0.25) is 72.5 Å². The number of aliphatic imine (C=N–C) groups is 3. The molecule has 25 N–H and O–H groups in total. The van der Waals surface area contributed by atoms with Crippen molar-refractivity contribution >= 4 is 120 Å². The maximum Gasteiger partial charge on any atom is 0.305 e. The second-order valence-corrected chi connectivity index (χ2v) is 24.9. The van der Waals surface area contributed by atoms with E-state index in [0.29, 0.717) is 37.5 Å². The first-order valence-corrected chi connectivity index (χ1v) is 34.3. The van der Waals surface area contributed by atoms with Crippen LogP contribution in [0.4, 0.5) is 0 Å². The normalized spacial score (nSPS) is 15.6. The maximum atomic E-state index is 15.4. The van der Waals surface area contributed by atoms with Gasteiger partial charge < -0.3 is 108 Å². The average Bonchev–Trinajstić information content (AvgIpc) is 0.799. The Labute approximate surface area is 587 Å². The molecule has 554 valence electrons. The minimum atomic E-state index is -1.93. The van der Waals surface area contributed by atoms with E-state index in [9.17, 15) is 57.8 Å². The van der Waals surface area contributed by atoms with Crippen LogP contribution in [0.1, 0.15) is 130 Å². The standard InChI is InChI=1S/C62H105N21O14S2/c1-6-34(3)49(57(95)80-44(27-37-17-10-8-11-18-37)55(93)78-41(21-14-24-70-60(64)65)53(91)76-38(31-84)32-98)82-54(92)42(22-15-25-71-61(66)67)79-56(94)45(28-48(87)88)81-58(96)50(35(4)7-2)83(39-19-12-9-13-20-39)59(97)43(23-16-26-72-62(68)69)77-47(86)30-73-46(85)29-74-51(89)36(5)75-52(90)40(63)33-99/h8,10-11,17-18,31,34-36,38-45,49-50,98-99H,6-7,9,12-16,19-30,32-33,63H2,1-5H3,(H,73,85)(H,74,89)(H,75,90)(H,76,91)(H,77,86)(H,78,93)(H,79,94)(H,80,95)(H,81,96)(H,82,92)(H,87,88)(H4,64,65,70)(H4,66,67,71)(H4,68,69,72)/t34-,35-,36-,38+,40-,41-,42-,43-,44-,45-,49-,50-/m0/s1. The van der Waals surface area contributed by atoms with E-state index in [0.717, 1.165) is 6.42 Å². The second kappa shape index (κ2) is 46.3. The third-order valence-corrected chi connectivity index (χ3v) is 17.1. The Morgan fingerprint density at radius 2 is 1.04 bits per heavy atom. The highest BCUT2D eigenvalue weighted by Gasteiger charge is 2.43. The topological polar surface area (TPSA) is 585 Å². The van der Waals surface area contributed by atoms with Crippen molar-refractivity contribution in [3.8, 4) is 0 Å². The van der Waals surface area contributed by atoms with Crippen LogP contribution in [-0.4, -0.2) is 216 Å². The molecule has 35 nitrogen and oxygen atoms in total. The van der Waals surface area contributed by atoms with Crippen LogP contribution in [0.5, 0.6) is 0 Å². The molecule has 99 heavy (non-hydrogen) atoms. The molecule has 1 fully saturated rings. The molecule has 0 saturated heterocycles. The van der Waals surface area contributed by atoms with Crippen molar-refractivity contribution in [2.75, 3.05) is 44.2 Å². The van der Waals surface area contributed by atoms with E-state index in [-0.39, 0.29) is 107 Å². The quantitative estimate of drug-likeness (QED) is 0.00955. The molecule has 0 aromatic heterocycles. The van der Waals surface area contributed by atoms with Crippen LogP contribution in [0.25, 0.3) is 0 Å². The van der Waals surface area contributed by atoms with Crippen LogP contribution in [-0.2, 0) is 68.7 Å². The number of carboxylic acid groups (broad SMARTS) is 1. The second-order valence-electron chi connectivity index (χ2n) is 24.2. The van der Waals surface area contributed by atoms with Crippen LogP contribution in [0.15, 0.2) is 45.3 Å². The smallest absolute Gasteiger partial charge is 0.305 e. The third-order valence-electron chi connectivity index (χ3n) is 16.3. The number of carbonyl (C=O) groups is 13. The highest BCUT2D eigenvalue weighted by molar-refractivity contribution is 7.80. The number of rotatable bonds is 46. The zero-order chi connectivity index (χ0) is 74.3. The van der Waals surface area contributed by atoms with Gasteiger partial charge in [-0.15, -0.1) is 0 Å². The molecule has 1 saturated carbocycles. The zero-order valence-corrected chi connectivity index (χ0v) is 58.8. The Balaban J connectivity index is 2.64. The highest BCUT2D eigenvalue weighted by Crippen LogP contribution is 2.29. The Morgan fingerprint density at radius 1 is 0.556 bits per heavy atom. The number of nitrogens with two attached hydrogens (primary N) is 7. The average molecular weight is 1430 g/mol. The number of hydrogen-bond acceptors (Lipinski definition) is 19. The molecule has 1 aromatic rings. The first-order chi connectivity index (χ1) is 46.9. The van der Waals surface area contributed by atoms with Gasteiger partial charge in [-0.25, -0.2) is 0 Å². The van der Waals surface area contributed by atoms with E-state index in [1.807, 2.05) is 0 Å². The lowest BCUT2D eigenvalue weighted by atomic mass is 9.88. The first kappa shape index (κ1) is 86.1. The summed E-state index contributed by atoms with van der Waals surface area (Å²) >= 11 is 8.08. The summed E-state index contributed by atoms with van der Waals surface area (Å²) in [6, 6.07) is -5.60. The molecule has 0 unspecified atom stereocenters. The monoisotopic (exact) mass is 1430 g/mol. The lowest BCUT2D eigenvalue weighted by molar-refractivity contribution is -0.150. The van der Waals surface area contributed by atoms with Gasteiger partial charge in [0.05, 0.1) is 31.6 Å². The maximum absolute atomic E-state index is 15.4. The van der Waals surface area contributed by atoms with Crippen molar-refractivity contribution in [3.05, 3.63) is 35.9 Å². The highest BCUT2D eigenvalue weighted by atomic mass is 32.1. The molecule has 2 rings (SSSR count). The van der Waals surface area contributed by atoms with E-state index < -0.39 is 169 Å². The molecule has 12 atom stereocenters. The number of nitrogens with zero attached hydrogens (tertiary/aromatic N) is 4. The summed E-state index contributed by atoms with van der Waals surface area (Å²) in [5.74, 6) is -13.0. The van der Waals surface area contributed by atoms with Gasteiger partial charge in [0.15, 0.2) is 17.9 Å². The molecular weight excluding hydrogens is 1330 g/mol. The molecule has 0 radical (unpaired) electrons. The Morgan fingerprint density at radius 3 is 1.54 bits per heavy atom. The number of amides is 11. The van der Waals surface area contributed by atoms with Crippen molar-refractivity contribution in [2.45, 2.75) is 197 Å². The van der Waals surface area contributed by atoms with E-state index in [1.165, 1.54) is 11.8 Å². The Bertz CT molecular complexity index is 2930. The van der Waals surface area contributed by atoms with E-state index in [4.69, 9.17) is 40.1 Å². The predicted molar refractivity (Wildman–Crippen MR) is 377 cm³/mol. The van der Waals surface area contributed by atoms with E-state index in [1.54, 1.807) is 58.0 Å². The number of hydrogen-bond donors (Lipinski definition) is 20. The van der Waals surface area contributed by atoms with Crippen LogP contribution >= 0.6 is 25.3 Å². The van der Waals surface area contributed by atoms with Gasteiger partial charge in [-0.05, 0) is 75.7 Å². The molecule has 1 aromatic carbocycles. The number of aliphatic carboxylic acids is 1. The van der Waals surface area contributed by atoms with Gasteiger partial charge in [0.1, 0.15) is 54.6 Å². The molecule has 0 spiro atoms. The lowest BCUT2D eigenvalue weighted by Gasteiger charge is -2.43. The summed E-state index contributed by atoms with van der Waals surface area (Å²) in [4.78, 5) is 192. The summed E-state index contributed by atoms with van der Waals surface area (Å²) in [7, 11) is 0. The van der Waals surface area contributed by atoms with Gasteiger partial charge in [0.25, 0.3) is 0 Å². The van der Waals surface area contributed by atoms with Crippen molar-refractivity contribution in [3.63, 3.8) is 0 Å². The van der Waals surface area contributed by atoms with Gasteiger partial charge in [-0.1, -0.05) is 90.1 Å². The summed E-state index contributed by atoms with van der Waals surface area (Å²) in [5, 5.41) is 35.9. The zero-order valence-electron chi connectivity index (χ0n) is 57.0. The number of benzene rings is 1. The molecule has 0 aliphatic heterocycles. The fourth-order valence-electron chi connectivity index (χ4n) is 10.4. The Hall–Kier alpha value is -9.00. The minimum absolute atomic E-state index is 0.00653. The minimum Gasteiger partial charge on any atom is -0.481 e. The van der Waals surface area contributed by atoms with E-state index >= 15 is 9.59 Å². The number of thiol groups is 2. The molecule has 0 bridgehead atoms. The molecule has 0 heterocycles. The molecular formula is C62H105N21O14S2. The summed E-state index contributed by atoms with van der Waals surface area (Å²) in [5.41, 5.74) is 39.6. The molecule has 11 amide bonds. The third kappa shape index (κ3) is 32.5. The largest absolute Gasteiger partial charge is 0.481 e. The number of carboxylic acids is 1. The number of guanidine groups is 3. The van der Waals surface area contributed by atoms with Crippen molar-refractivity contribution in [2.24, 2.45) is 66.9 Å². The lowest BCUT2D eigenvalue weighted by Crippen LogP contribution is -2.64. The first-order valence-electron chi connectivity index (χ1n) is 33.0. The van der Waals surface area contributed by atoms with Crippen molar-refractivity contribution < 1.29 is 67.4 Å². The van der Waals surface area contributed by atoms with Crippen molar-refractivity contribution in [1.29, 1.82) is 0 Å². The van der Waals surface area contributed by atoms with Gasteiger partial charge in [0, 0.05) is 43.6 Å². The molecule has 1 aliphatic carbocycles. The Kier molecular flexibility index (Phi) is 40.3. The van der Waals surface area contributed by atoms with E-state index in [2.05, 4.69) is 93.4 Å². The fraction of sp³-hybridized carbons (Fsp3) is 0.645. The van der Waals surface area contributed by atoms with Gasteiger partial charge >= 0.3 is 5.97 Å². The van der Waals surface area contributed by atoms with Crippen LogP contribution in [0.2, 0.25) is 0 Å². The summed E-state index contributed by atoms with van der Waals surface area (Å²) in [6.45, 7) is 6.88. The fourth-order valence-corrected chi connectivity index (χ4v) is 10.8. The van der Waals surface area contributed by atoms with Gasteiger partial charge in [0.2, 0.25) is 65.0 Å². The summed E-state index contributed by atoms with van der Waals surface area (Å²) < 4.78 is 0. The summed E-state index contributed by atoms with van der Waals surface area (Å²) in [6.07, 6.45) is 2.68. The molecule has 1 aliphatic rings. The van der Waals surface area contributed by atoms with Crippen LogP contribution in [0.3, 0.4) is 0 Å². The molecule has 37 heteroatoms. The number of nitrogens with one attached hydrogen (secondary N) is 10. The SMILES string of the molecule is CC[C@H](C)[C@H](NC(=O)[C@H](CCCN=C(N)N)NC(=O)[C@H](CC(=O)O)NC(=O)[C@H]([C@@H](C)CC)N(C(=O)[C@H](CCCN=C(N)N)NC(=O)CNC(=O)CNC(=O)[C@H](C)NC(=O)[C@@H](N)CS)C1CCCCC1)C(=O)N[C@@H](Cc1ccccc1)C(=O)N[C@@H](CCCN=C(N)N)C(=O)N[C@H](C=O)CS.